The molecule has 0 bridgehead atoms. The van der Waals surface area contributed by atoms with Gasteiger partial charge in [0.05, 0.1) is 22.1 Å². The first kappa shape index (κ1) is 13.2. The van der Waals surface area contributed by atoms with Crippen molar-refractivity contribution in [3.63, 3.8) is 0 Å². The molecular weight excluding hydrogens is 296 g/mol. The van der Waals surface area contributed by atoms with E-state index < -0.39 is 0 Å². The van der Waals surface area contributed by atoms with E-state index in [0.717, 1.165) is 44.4 Å². The van der Waals surface area contributed by atoms with Gasteiger partial charge in [0.2, 0.25) is 0 Å². The molecule has 0 aliphatic carbocycles. The van der Waals surface area contributed by atoms with Crippen LogP contribution in [0.2, 0.25) is 0 Å². The predicted octanol–water partition coefficient (Wildman–Crippen LogP) is 4.34. The summed E-state index contributed by atoms with van der Waals surface area (Å²) in [4.78, 5) is 14.2. The zero-order chi connectivity index (χ0) is 16.1. The molecule has 0 aliphatic rings. The van der Waals surface area contributed by atoms with Crippen LogP contribution in [0.5, 0.6) is 0 Å². The van der Waals surface area contributed by atoms with E-state index in [1.54, 1.807) is 0 Å². The van der Waals surface area contributed by atoms with Gasteiger partial charge < -0.3 is 4.57 Å². The second-order valence-electron chi connectivity index (χ2n) is 5.89. The summed E-state index contributed by atoms with van der Waals surface area (Å²) in [6, 6.07) is 20.4. The maximum atomic E-state index is 4.88. The van der Waals surface area contributed by atoms with Crippen molar-refractivity contribution < 1.29 is 0 Å². The summed E-state index contributed by atoms with van der Waals surface area (Å²) in [6.07, 6.45) is 1.81. The van der Waals surface area contributed by atoms with Gasteiger partial charge in [-0.25, -0.2) is 9.97 Å². The van der Waals surface area contributed by atoms with Gasteiger partial charge in [-0.3, -0.25) is 4.98 Å². The number of para-hydroxylation sites is 2. The molecule has 4 heteroatoms. The molecule has 0 amide bonds. The largest absolute Gasteiger partial charge is 0.326 e. The topological polar surface area (TPSA) is 43.6 Å². The minimum absolute atomic E-state index is 0.861. The molecular formula is C20H14N4. The number of aromatic nitrogens is 4. The Labute approximate surface area is 138 Å². The molecule has 5 rings (SSSR count). The van der Waals surface area contributed by atoms with E-state index >= 15 is 0 Å². The number of benzene rings is 2. The molecule has 5 aromatic rings. The quantitative estimate of drug-likeness (QED) is 0.433. The number of hydrogen-bond acceptors (Lipinski definition) is 3. The second-order valence-corrected chi connectivity index (χ2v) is 5.89. The summed E-state index contributed by atoms with van der Waals surface area (Å²) in [5.41, 5.74) is 4.78. The average molecular weight is 310 g/mol. The Bertz CT molecular complexity index is 1220. The highest BCUT2D eigenvalue weighted by Gasteiger charge is 2.12. The number of pyridine rings is 2. The Morgan fingerprint density at radius 3 is 2.42 bits per heavy atom. The zero-order valence-corrected chi connectivity index (χ0v) is 13.1. The highest BCUT2D eigenvalue weighted by molar-refractivity contribution is 6.03. The summed E-state index contributed by atoms with van der Waals surface area (Å²) in [7, 11) is 2.03. The first-order valence-corrected chi connectivity index (χ1v) is 7.87. The first-order chi connectivity index (χ1) is 11.8. The van der Waals surface area contributed by atoms with Crippen LogP contribution in [0.4, 0.5) is 0 Å². The minimum atomic E-state index is 0.861. The summed E-state index contributed by atoms with van der Waals surface area (Å²) >= 11 is 0. The molecule has 0 spiro atoms. The number of aryl methyl sites for hydroxylation is 1. The van der Waals surface area contributed by atoms with E-state index in [9.17, 15) is 0 Å². The van der Waals surface area contributed by atoms with Crippen molar-refractivity contribution in [2.45, 2.75) is 0 Å². The van der Waals surface area contributed by atoms with Gasteiger partial charge >= 0.3 is 0 Å². The number of fused-ring (bicyclic) bond motifs is 4. The van der Waals surface area contributed by atoms with Crippen LogP contribution in [-0.2, 0) is 7.05 Å². The molecule has 0 aliphatic heterocycles. The molecule has 3 aromatic heterocycles. The lowest BCUT2D eigenvalue weighted by atomic mass is 10.1. The van der Waals surface area contributed by atoms with E-state index in [1.165, 1.54) is 0 Å². The highest BCUT2D eigenvalue weighted by atomic mass is 15.1. The van der Waals surface area contributed by atoms with E-state index in [-0.39, 0.29) is 0 Å². The van der Waals surface area contributed by atoms with Gasteiger partial charge in [0.1, 0.15) is 5.69 Å². The van der Waals surface area contributed by atoms with Crippen LogP contribution in [0.3, 0.4) is 0 Å². The minimum Gasteiger partial charge on any atom is -0.326 e. The van der Waals surface area contributed by atoms with Crippen molar-refractivity contribution in [1.29, 1.82) is 0 Å². The monoisotopic (exact) mass is 310 g/mol. The lowest BCUT2D eigenvalue weighted by molar-refractivity contribution is 0.952. The lowest BCUT2D eigenvalue weighted by Crippen LogP contribution is -1.95. The molecule has 0 unspecified atom stereocenters. The Hall–Kier alpha value is -3.27. The smallest absolute Gasteiger partial charge is 0.159 e. The Balaban J connectivity index is 1.83. The molecule has 0 saturated heterocycles. The van der Waals surface area contributed by atoms with E-state index in [1.807, 2.05) is 43.6 Å². The second kappa shape index (κ2) is 4.86. The maximum Gasteiger partial charge on any atom is 0.159 e. The van der Waals surface area contributed by atoms with E-state index in [4.69, 9.17) is 9.97 Å². The third-order valence-corrected chi connectivity index (χ3v) is 4.45. The van der Waals surface area contributed by atoms with Gasteiger partial charge in [-0.15, -0.1) is 0 Å². The van der Waals surface area contributed by atoms with Crippen molar-refractivity contribution in [1.82, 2.24) is 19.5 Å². The molecule has 0 fully saturated rings. The van der Waals surface area contributed by atoms with Crippen molar-refractivity contribution in [2.75, 3.05) is 0 Å². The molecule has 24 heavy (non-hydrogen) atoms. The number of nitrogens with zero attached hydrogens (tertiary/aromatic N) is 4. The molecule has 0 atom stereocenters. The molecule has 114 valence electrons. The van der Waals surface area contributed by atoms with Gasteiger partial charge in [-0.1, -0.05) is 36.4 Å². The fraction of sp³-hybridized carbons (Fsp3) is 0.0500. The molecule has 4 nitrogen and oxygen atoms in total. The summed E-state index contributed by atoms with van der Waals surface area (Å²) in [6.45, 7) is 0. The SMILES string of the molecule is Cn1c(-c2ccc3ccc4cccnc4c3n2)nc2ccccc21. The van der Waals surface area contributed by atoms with Crippen molar-refractivity contribution >= 4 is 32.8 Å². The van der Waals surface area contributed by atoms with Gasteiger partial charge in [0, 0.05) is 24.0 Å². The van der Waals surface area contributed by atoms with Crippen LogP contribution in [-0.4, -0.2) is 19.5 Å². The Morgan fingerprint density at radius 1 is 0.750 bits per heavy atom. The number of rotatable bonds is 1. The van der Waals surface area contributed by atoms with Crippen LogP contribution in [0.25, 0.3) is 44.4 Å². The lowest BCUT2D eigenvalue weighted by Gasteiger charge is -2.06. The van der Waals surface area contributed by atoms with Crippen LogP contribution < -0.4 is 0 Å². The van der Waals surface area contributed by atoms with Crippen LogP contribution >= 0.6 is 0 Å². The summed E-state index contributed by atoms with van der Waals surface area (Å²) < 4.78 is 2.09. The summed E-state index contributed by atoms with van der Waals surface area (Å²) in [5.74, 6) is 0.867. The van der Waals surface area contributed by atoms with Gasteiger partial charge in [-0.05, 0) is 24.3 Å². The third-order valence-electron chi connectivity index (χ3n) is 4.45. The van der Waals surface area contributed by atoms with E-state index in [2.05, 4.69) is 39.9 Å². The fourth-order valence-electron chi connectivity index (χ4n) is 3.22. The average Bonchev–Trinajstić information content (AvgIpc) is 2.98. The normalized spacial score (nSPS) is 11.5. The van der Waals surface area contributed by atoms with Gasteiger partial charge in [-0.2, -0.15) is 0 Å². The standard InChI is InChI=1S/C20H14N4/c1-24-17-7-3-2-6-15(17)23-20(24)16-11-10-14-9-8-13-5-4-12-21-18(13)19(14)22-16/h2-12H,1H3. The maximum absolute atomic E-state index is 4.88. The Morgan fingerprint density at radius 2 is 1.54 bits per heavy atom. The van der Waals surface area contributed by atoms with Crippen molar-refractivity contribution in [3.8, 4) is 11.5 Å². The van der Waals surface area contributed by atoms with Crippen LogP contribution in [0.15, 0.2) is 66.9 Å². The van der Waals surface area contributed by atoms with Crippen molar-refractivity contribution in [3.05, 3.63) is 66.9 Å². The zero-order valence-electron chi connectivity index (χ0n) is 13.1. The molecule has 2 aromatic carbocycles. The molecule has 0 N–H and O–H groups in total. The predicted molar refractivity (Wildman–Crippen MR) is 96.8 cm³/mol. The number of imidazole rings is 1. The molecule has 0 saturated carbocycles. The molecule has 0 radical (unpaired) electrons. The van der Waals surface area contributed by atoms with E-state index in [0.29, 0.717) is 0 Å². The van der Waals surface area contributed by atoms with Crippen LogP contribution in [0.1, 0.15) is 0 Å². The number of hydrogen-bond donors (Lipinski definition) is 0. The molecule has 3 heterocycles. The van der Waals surface area contributed by atoms with Crippen LogP contribution in [0, 0.1) is 0 Å². The van der Waals surface area contributed by atoms with Crippen molar-refractivity contribution in [2.24, 2.45) is 7.05 Å². The first-order valence-electron chi connectivity index (χ1n) is 7.87. The highest BCUT2D eigenvalue weighted by Crippen LogP contribution is 2.27. The summed E-state index contributed by atoms with van der Waals surface area (Å²) in [5, 5.41) is 2.18. The van der Waals surface area contributed by atoms with Gasteiger partial charge in [0.25, 0.3) is 0 Å². The van der Waals surface area contributed by atoms with Gasteiger partial charge in [0.15, 0.2) is 5.82 Å². The fourth-order valence-corrected chi connectivity index (χ4v) is 3.22. The Kier molecular flexibility index (Phi) is 2.67. The third kappa shape index (κ3) is 1.83.